The molecule has 2 saturated carbocycles. The standard InChI is InChI=1S/C13H25N/c1-11(2)4-3-7-13(8-9-13)10-14-12-5-6-12/h11-12,14H,3-10H2,1-2H3. The Bertz CT molecular complexity index is 178. The molecule has 0 atom stereocenters. The fraction of sp³-hybridized carbons (Fsp3) is 1.00. The molecule has 2 aliphatic rings. The maximum Gasteiger partial charge on any atom is 0.00684 e. The molecule has 2 aliphatic carbocycles. The minimum absolute atomic E-state index is 0.748. The van der Waals surface area contributed by atoms with Crippen molar-refractivity contribution in [2.24, 2.45) is 11.3 Å². The molecule has 0 aromatic heterocycles. The van der Waals surface area contributed by atoms with Crippen molar-refractivity contribution in [3.8, 4) is 0 Å². The Hall–Kier alpha value is -0.0400. The van der Waals surface area contributed by atoms with Gasteiger partial charge in [0.1, 0.15) is 0 Å². The lowest BCUT2D eigenvalue weighted by Crippen LogP contribution is -2.25. The van der Waals surface area contributed by atoms with Crippen LogP contribution < -0.4 is 5.32 Å². The van der Waals surface area contributed by atoms with Crippen LogP contribution in [-0.2, 0) is 0 Å². The molecule has 0 bridgehead atoms. The summed E-state index contributed by atoms with van der Waals surface area (Å²) in [6, 6.07) is 0.901. The van der Waals surface area contributed by atoms with E-state index in [-0.39, 0.29) is 0 Å². The van der Waals surface area contributed by atoms with Crippen LogP contribution in [0.5, 0.6) is 0 Å². The van der Waals surface area contributed by atoms with E-state index in [1.54, 1.807) is 0 Å². The first-order valence-electron chi connectivity index (χ1n) is 6.44. The molecule has 0 heterocycles. The van der Waals surface area contributed by atoms with Gasteiger partial charge in [0.2, 0.25) is 0 Å². The fourth-order valence-electron chi connectivity index (χ4n) is 2.23. The van der Waals surface area contributed by atoms with Gasteiger partial charge in [-0.15, -0.1) is 0 Å². The van der Waals surface area contributed by atoms with Gasteiger partial charge in [0.05, 0.1) is 0 Å². The Morgan fingerprint density at radius 2 is 2.00 bits per heavy atom. The minimum atomic E-state index is 0.748. The third kappa shape index (κ3) is 3.27. The first-order chi connectivity index (χ1) is 6.70. The Kier molecular flexibility index (Phi) is 3.16. The Morgan fingerprint density at radius 3 is 2.50 bits per heavy atom. The van der Waals surface area contributed by atoms with Crippen LogP contribution in [0.15, 0.2) is 0 Å². The van der Waals surface area contributed by atoms with Gasteiger partial charge >= 0.3 is 0 Å². The van der Waals surface area contributed by atoms with Crippen LogP contribution in [0.4, 0.5) is 0 Å². The van der Waals surface area contributed by atoms with E-state index in [4.69, 9.17) is 0 Å². The zero-order valence-corrected chi connectivity index (χ0v) is 9.81. The summed E-state index contributed by atoms with van der Waals surface area (Å²) in [5, 5.41) is 3.70. The van der Waals surface area contributed by atoms with E-state index in [0.717, 1.165) is 17.4 Å². The summed E-state index contributed by atoms with van der Waals surface area (Å²) in [6.07, 6.45) is 10.2. The lowest BCUT2D eigenvalue weighted by Gasteiger charge is -2.16. The zero-order valence-electron chi connectivity index (χ0n) is 9.81. The Balaban J connectivity index is 1.57. The van der Waals surface area contributed by atoms with E-state index in [1.165, 1.54) is 51.5 Å². The van der Waals surface area contributed by atoms with Crippen molar-refractivity contribution in [1.82, 2.24) is 5.32 Å². The molecule has 1 heteroatoms. The molecule has 1 N–H and O–H groups in total. The summed E-state index contributed by atoms with van der Waals surface area (Å²) < 4.78 is 0. The van der Waals surface area contributed by atoms with Crippen molar-refractivity contribution >= 4 is 0 Å². The third-order valence-corrected chi connectivity index (χ3v) is 3.79. The van der Waals surface area contributed by atoms with Gasteiger partial charge in [0.15, 0.2) is 0 Å². The summed E-state index contributed by atoms with van der Waals surface area (Å²) in [5.41, 5.74) is 0.748. The van der Waals surface area contributed by atoms with Crippen LogP contribution in [0.25, 0.3) is 0 Å². The molecule has 0 aromatic rings. The van der Waals surface area contributed by atoms with Gasteiger partial charge in [0, 0.05) is 12.6 Å². The fourth-order valence-corrected chi connectivity index (χ4v) is 2.23. The molecule has 0 unspecified atom stereocenters. The van der Waals surface area contributed by atoms with Crippen LogP contribution >= 0.6 is 0 Å². The van der Waals surface area contributed by atoms with Gasteiger partial charge in [-0.2, -0.15) is 0 Å². The molecule has 82 valence electrons. The van der Waals surface area contributed by atoms with E-state index < -0.39 is 0 Å². The molecule has 0 amide bonds. The van der Waals surface area contributed by atoms with Crippen molar-refractivity contribution in [3.05, 3.63) is 0 Å². The van der Waals surface area contributed by atoms with Crippen LogP contribution in [0.2, 0.25) is 0 Å². The highest BCUT2D eigenvalue weighted by Gasteiger charge is 2.42. The van der Waals surface area contributed by atoms with Crippen molar-refractivity contribution in [3.63, 3.8) is 0 Å². The second-order valence-corrected chi connectivity index (χ2v) is 5.94. The molecule has 14 heavy (non-hydrogen) atoms. The predicted molar refractivity (Wildman–Crippen MR) is 61.4 cm³/mol. The first kappa shape index (κ1) is 10.5. The number of rotatable bonds is 7. The monoisotopic (exact) mass is 195 g/mol. The average molecular weight is 195 g/mol. The second-order valence-electron chi connectivity index (χ2n) is 5.94. The molecule has 0 spiro atoms. The number of hydrogen-bond donors (Lipinski definition) is 1. The average Bonchev–Trinajstić information content (AvgIpc) is 2.98. The molecule has 0 saturated heterocycles. The van der Waals surface area contributed by atoms with Crippen LogP contribution in [0, 0.1) is 11.3 Å². The lowest BCUT2D eigenvalue weighted by molar-refractivity contribution is 0.390. The predicted octanol–water partition coefficient (Wildman–Crippen LogP) is 3.34. The van der Waals surface area contributed by atoms with E-state index in [0.29, 0.717) is 0 Å². The lowest BCUT2D eigenvalue weighted by atomic mass is 9.96. The van der Waals surface area contributed by atoms with Crippen molar-refractivity contribution in [2.45, 2.75) is 64.8 Å². The quantitative estimate of drug-likeness (QED) is 0.657. The van der Waals surface area contributed by atoms with E-state index >= 15 is 0 Å². The highest BCUT2D eigenvalue weighted by atomic mass is 15.0. The molecule has 1 nitrogen and oxygen atoms in total. The SMILES string of the molecule is CC(C)CCCC1(CNC2CC2)CC1. The molecule has 0 aliphatic heterocycles. The zero-order chi connectivity index (χ0) is 10.0. The van der Waals surface area contributed by atoms with Crippen LogP contribution in [0.1, 0.15) is 58.8 Å². The summed E-state index contributed by atoms with van der Waals surface area (Å²) in [7, 11) is 0. The van der Waals surface area contributed by atoms with Gasteiger partial charge in [0.25, 0.3) is 0 Å². The number of nitrogens with one attached hydrogen (secondary N) is 1. The smallest absolute Gasteiger partial charge is 0.00684 e. The molecule has 2 fully saturated rings. The molecule has 0 aromatic carbocycles. The van der Waals surface area contributed by atoms with Crippen molar-refractivity contribution < 1.29 is 0 Å². The minimum Gasteiger partial charge on any atom is -0.313 e. The van der Waals surface area contributed by atoms with E-state index in [2.05, 4.69) is 19.2 Å². The van der Waals surface area contributed by atoms with Crippen LogP contribution in [-0.4, -0.2) is 12.6 Å². The summed E-state index contributed by atoms with van der Waals surface area (Å²) >= 11 is 0. The second kappa shape index (κ2) is 4.22. The normalized spacial score (nSPS) is 24.2. The third-order valence-electron chi connectivity index (χ3n) is 3.79. The molecule has 0 radical (unpaired) electrons. The van der Waals surface area contributed by atoms with Gasteiger partial charge in [-0.25, -0.2) is 0 Å². The van der Waals surface area contributed by atoms with Gasteiger partial charge in [-0.1, -0.05) is 26.7 Å². The van der Waals surface area contributed by atoms with Gasteiger partial charge in [-0.3, -0.25) is 0 Å². The van der Waals surface area contributed by atoms with Crippen molar-refractivity contribution in [1.29, 1.82) is 0 Å². The van der Waals surface area contributed by atoms with Gasteiger partial charge < -0.3 is 5.32 Å². The molecular weight excluding hydrogens is 170 g/mol. The largest absolute Gasteiger partial charge is 0.313 e. The first-order valence-corrected chi connectivity index (χ1v) is 6.44. The molecular formula is C13H25N. The topological polar surface area (TPSA) is 12.0 Å². The van der Waals surface area contributed by atoms with E-state index in [9.17, 15) is 0 Å². The van der Waals surface area contributed by atoms with E-state index in [1.807, 2.05) is 0 Å². The van der Waals surface area contributed by atoms with Crippen LogP contribution in [0.3, 0.4) is 0 Å². The Labute approximate surface area is 88.7 Å². The van der Waals surface area contributed by atoms with Gasteiger partial charge in [-0.05, 0) is 43.4 Å². The summed E-state index contributed by atoms with van der Waals surface area (Å²) in [4.78, 5) is 0. The maximum atomic E-state index is 3.70. The highest BCUT2D eigenvalue weighted by Crippen LogP contribution is 2.49. The van der Waals surface area contributed by atoms with Crippen molar-refractivity contribution in [2.75, 3.05) is 6.54 Å². The number of hydrogen-bond acceptors (Lipinski definition) is 1. The Morgan fingerprint density at radius 1 is 1.29 bits per heavy atom. The summed E-state index contributed by atoms with van der Waals surface area (Å²) in [5.74, 6) is 0.891. The maximum absolute atomic E-state index is 3.70. The highest BCUT2D eigenvalue weighted by molar-refractivity contribution is 4.96. The summed E-state index contributed by atoms with van der Waals surface area (Å²) in [6.45, 7) is 5.99. The molecule has 2 rings (SSSR count).